The van der Waals surface area contributed by atoms with E-state index in [9.17, 15) is 5.11 Å². The third-order valence-corrected chi connectivity index (χ3v) is 3.01. The average Bonchev–Trinajstić information content (AvgIpc) is 2.50. The number of hydrogen-bond donors (Lipinski definition) is 1. The Balaban J connectivity index is 2.34. The van der Waals surface area contributed by atoms with Gasteiger partial charge in [-0.05, 0) is 47.1 Å². The molecule has 0 amide bonds. The summed E-state index contributed by atoms with van der Waals surface area (Å²) in [6, 6.07) is 0.299. The Hall–Kier alpha value is -0.120. The summed E-state index contributed by atoms with van der Waals surface area (Å²) in [4.78, 5) is 2.35. The Labute approximate surface area is 93.4 Å². The fourth-order valence-corrected chi connectivity index (χ4v) is 2.30. The van der Waals surface area contributed by atoms with Gasteiger partial charge in [-0.1, -0.05) is 0 Å². The molecule has 1 rings (SSSR count). The first kappa shape index (κ1) is 12.9. The van der Waals surface area contributed by atoms with Crippen LogP contribution >= 0.6 is 0 Å². The van der Waals surface area contributed by atoms with Crippen molar-refractivity contribution in [1.82, 2.24) is 4.90 Å². The number of aliphatic hydroxyl groups is 1. The van der Waals surface area contributed by atoms with Gasteiger partial charge in [-0.25, -0.2) is 0 Å². The van der Waals surface area contributed by atoms with Crippen molar-refractivity contribution in [2.45, 2.75) is 58.3 Å². The molecule has 0 saturated carbocycles. The van der Waals surface area contributed by atoms with E-state index < -0.39 is 5.60 Å². The van der Waals surface area contributed by atoms with Gasteiger partial charge in [-0.3, -0.25) is 4.90 Å². The van der Waals surface area contributed by atoms with Crippen molar-refractivity contribution in [2.75, 3.05) is 19.7 Å². The highest BCUT2D eigenvalue weighted by Gasteiger charge is 2.35. The molecule has 1 aliphatic heterocycles. The smallest absolute Gasteiger partial charge is 0.0746 e. The molecule has 90 valence electrons. The molecule has 0 bridgehead atoms. The molecular formula is C12H25NO2. The Morgan fingerprint density at radius 1 is 1.47 bits per heavy atom. The van der Waals surface area contributed by atoms with E-state index in [4.69, 9.17) is 4.74 Å². The van der Waals surface area contributed by atoms with Crippen LogP contribution in [-0.2, 0) is 4.74 Å². The molecule has 0 aromatic rings. The first-order valence-corrected chi connectivity index (χ1v) is 5.99. The summed E-state index contributed by atoms with van der Waals surface area (Å²) >= 11 is 0. The first-order chi connectivity index (χ1) is 6.91. The largest absolute Gasteiger partial charge is 0.389 e. The van der Waals surface area contributed by atoms with Crippen molar-refractivity contribution in [3.8, 4) is 0 Å². The molecule has 1 aliphatic rings. The molecule has 1 N–H and O–H groups in total. The van der Waals surface area contributed by atoms with Gasteiger partial charge in [0.05, 0.1) is 18.3 Å². The summed E-state index contributed by atoms with van der Waals surface area (Å²) in [6.07, 6.45) is 2.59. The third kappa shape index (κ3) is 4.09. The van der Waals surface area contributed by atoms with Crippen LogP contribution in [0.4, 0.5) is 0 Å². The van der Waals surface area contributed by atoms with Crippen molar-refractivity contribution < 1.29 is 9.84 Å². The van der Waals surface area contributed by atoms with Gasteiger partial charge < -0.3 is 9.84 Å². The zero-order chi connectivity index (χ0) is 11.5. The summed E-state index contributed by atoms with van der Waals surface area (Å²) in [5, 5.41) is 10.0. The molecule has 0 radical (unpaired) electrons. The summed E-state index contributed by atoms with van der Waals surface area (Å²) in [5.74, 6) is 0. The van der Waals surface area contributed by atoms with Gasteiger partial charge in [0.2, 0.25) is 0 Å². The molecule has 1 fully saturated rings. The van der Waals surface area contributed by atoms with Crippen LogP contribution in [0.15, 0.2) is 0 Å². The van der Waals surface area contributed by atoms with Gasteiger partial charge in [0, 0.05) is 12.6 Å². The van der Waals surface area contributed by atoms with Crippen LogP contribution in [0.1, 0.15) is 40.5 Å². The summed E-state index contributed by atoms with van der Waals surface area (Å²) in [7, 11) is 0. The minimum absolute atomic E-state index is 0.299. The monoisotopic (exact) mass is 215 g/mol. The Kier molecular flexibility index (Phi) is 4.56. The molecule has 15 heavy (non-hydrogen) atoms. The van der Waals surface area contributed by atoms with E-state index in [-0.39, 0.29) is 0 Å². The third-order valence-electron chi connectivity index (χ3n) is 3.01. The average molecular weight is 215 g/mol. The fraction of sp³-hybridized carbons (Fsp3) is 1.00. The highest BCUT2D eigenvalue weighted by atomic mass is 16.5. The van der Waals surface area contributed by atoms with Crippen LogP contribution < -0.4 is 0 Å². The lowest BCUT2D eigenvalue weighted by Gasteiger charge is -2.33. The molecule has 0 spiro atoms. The first-order valence-electron chi connectivity index (χ1n) is 5.99. The van der Waals surface area contributed by atoms with Crippen LogP contribution in [0.3, 0.4) is 0 Å². The zero-order valence-electron chi connectivity index (χ0n) is 10.5. The number of rotatable bonds is 5. The van der Waals surface area contributed by atoms with Crippen molar-refractivity contribution in [1.29, 1.82) is 0 Å². The molecule has 0 aromatic carbocycles. The lowest BCUT2D eigenvalue weighted by atomic mass is 9.97. The molecule has 3 nitrogen and oxygen atoms in total. The van der Waals surface area contributed by atoms with E-state index in [0.29, 0.717) is 12.1 Å². The van der Waals surface area contributed by atoms with Crippen LogP contribution in [0, 0.1) is 0 Å². The van der Waals surface area contributed by atoms with Crippen molar-refractivity contribution >= 4 is 0 Å². The van der Waals surface area contributed by atoms with E-state index in [2.05, 4.69) is 18.7 Å². The molecule has 1 unspecified atom stereocenters. The van der Waals surface area contributed by atoms with Gasteiger partial charge in [-0.15, -0.1) is 0 Å². The summed E-state index contributed by atoms with van der Waals surface area (Å²) in [5.41, 5.74) is -0.589. The maximum absolute atomic E-state index is 10.0. The van der Waals surface area contributed by atoms with Crippen LogP contribution in [0.25, 0.3) is 0 Å². The van der Waals surface area contributed by atoms with E-state index in [1.165, 1.54) is 6.42 Å². The molecule has 0 aromatic heterocycles. The topological polar surface area (TPSA) is 32.7 Å². The van der Waals surface area contributed by atoms with Gasteiger partial charge in [0.25, 0.3) is 0 Å². The number of ether oxygens (including phenoxy) is 1. The normalized spacial score (nSPS) is 24.0. The molecular weight excluding hydrogens is 190 g/mol. The van der Waals surface area contributed by atoms with Crippen molar-refractivity contribution in [3.05, 3.63) is 0 Å². The molecule has 1 saturated heterocycles. The van der Waals surface area contributed by atoms with Crippen molar-refractivity contribution in [3.63, 3.8) is 0 Å². The maximum atomic E-state index is 10.0. The molecule has 3 heteroatoms. The predicted octanol–water partition coefficient (Wildman–Crippen LogP) is 1.65. The Morgan fingerprint density at radius 3 is 2.67 bits per heavy atom. The molecule has 0 aliphatic carbocycles. The highest BCUT2D eigenvalue weighted by Crippen LogP contribution is 2.26. The van der Waals surface area contributed by atoms with E-state index in [1.807, 2.05) is 13.8 Å². The zero-order valence-corrected chi connectivity index (χ0v) is 10.5. The second-order valence-electron chi connectivity index (χ2n) is 5.27. The predicted molar refractivity (Wildman–Crippen MR) is 62.0 cm³/mol. The standard InChI is InChI=1S/C12H25NO2/c1-10(2)15-9-8-13-7-5-6-11(13)12(3,4)14/h10-11,14H,5-9H2,1-4H3. The van der Waals surface area contributed by atoms with Crippen LogP contribution in [0.5, 0.6) is 0 Å². The second kappa shape index (κ2) is 5.28. The lowest BCUT2D eigenvalue weighted by Crippen LogP contribution is -2.46. The minimum Gasteiger partial charge on any atom is -0.389 e. The number of nitrogens with zero attached hydrogens (tertiary/aromatic N) is 1. The number of likely N-dealkylation sites (tertiary alicyclic amines) is 1. The highest BCUT2D eigenvalue weighted by molar-refractivity contribution is 4.90. The van der Waals surface area contributed by atoms with Crippen molar-refractivity contribution in [2.24, 2.45) is 0 Å². The lowest BCUT2D eigenvalue weighted by molar-refractivity contribution is -0.0164. The maximum Gasteiger partial charge on any atom is 0.0746 e. The second-order valence-corrected chi connectivity index (χ2v) is 5.27. The summed E-state index contributed by atoms with van der Waals surface area (Å²) < 4.78 is 5.54. The quantitative estimate of drug-likeness (QED) is 0.757. The van der Waals surface area contributed by atoms with E-state index >= 15 is 0 Å². The molecule has 1 heterocycles. The van der Waals surface area contributed by atoms with Crippen LogP contribution in [0.2, 0.25) is 0 Å². The molecule has 1 atom stereocenters. The van der Waals surface area contributed by atoms with Gasteiger partial charge in [0.1, 0.15) is 0 Å². The van der Waals surface area contributed by atoms with Crippen LogP contribution in [-0.4, -0.2) is 47.4 Å². The summed E-state index contributed by atoms with van der Waals surface area (Å²) in [6.45, 7) is 10.7. The minimum atomic E-state index is -0.589. The Morgan fingerprint density at radius 2 is 2.13 bits per heavy atom. The van der Waals surface area contributed by atoms with E-state index in [1.54, 1.807) is 0 Å². The van der Waals surface area contributed by atoms with Gasteiger partial charge >= 0.3 is 0 Å². The van der Waals surface area contributed by atoms with Gasteiger partial charge in [-0.2, -0.15) is 0 Å². The Bertz CT molecular complexity index is 187. The fourth-order valence-electron chi connectivity index (χ4n) is 2.30. The van der Waals surface area contributed by atoms with E-state index in [0.717, 1.165) is 26.1 Å². The van der Waals surface area contributed by atoms with Gasteiger partial charge in [0.15, 0.2) is 0 Å². The number of hydrogen-bond acceptors (Lipinski definition) is 3. The SMILES string of the molecule is CC(C)OCCN1CCCC1C(C)(C)O.